The number of sulfonamides is 1. The van der Waals surface area contributed by atoms with Gasteiger partial charge in [0.05, 0.1) is 0 Å². The molecule has 0 radical (unpaired) electrons. The second-order valence-electron chi connectivity index (χ2n) is 6.82. The number of hydrogen-bond acceptors (Lipinski definition) is 4. The zero-order valence-corrected chi connectivity index (χ0v) is 16.8. The van der Waals surface area contributed by atoms with Crippen molar-refractivity contribution in [3.63, 3.8) is 0 Å². The van der Waals surface area contributed by atoms with Crippen molar-refractivity contribution >= 4 is 16.0 Å². The van der Waals surface area contributed by atoms with Gasteiger partial charge in [0.2, 0.25) is 0 Å². The largest absolute Gasteiger partial charge is 0.511 e. The van der Waals surface area contributed by atoms with Crippen LogP contribution in [0.15, 0.2) is 23.5 Å². The zero-order valence-electron chi connectivity index (χ0n) is 16.0. The molecule has 0 spiro atoms. The van der Waals surface area contributed by atoms with Crippen LogP contribution in [0.4, 0.5) is 13.2 Å². The molecule has 1 unspecified atom stereocenters. The van der Waals surface area contributed by atoms with Crippen LogP contribution in [0.25, 0.3) is 0 Å². The number of alkyl halides is 3. The number of guanidine groups is 1. The van der Waals surface area contributed by atoms with Crippen LogP contribution in [-0.4, -0.2) is 66.2 Å². The average molecular weight is 424 g/mol. The van der Waals surface area contributed by atoms with E-state index in [4.69, 9.17) is 0 Å². The molecule has 8 nitrogen and oxygen atoms in total. The van der Waals surface area contributed by atoms with Crippen LogP contribution in [0.1, 0.15) is 26.7 Å². The lowest BCUT2D eigenvalue weighted by molar-refractivity contribution is -0.0494. The average Bonchev–Trinajstić information content (AvgIpc) is 3.12. The maximum Gasteiger partial charge on any atom is 0.511 e. The van der Waals surface area contributed by atoms with E-state index < -0.39 is 15.5 Å². The first-order valence-electron chi connectivity index (χ1n) is 9.22. The van der Waals surface area contributed by atoms with Crippen molar-refractivity contribution in [2.75, 3.05) is 26.2 Å². The Balaban J connectivity index is 1.87. The van der Waals surface area contributed by atoms with Gasteiger partial charge in [-0.25, -0.2) is 8.42 Å². The highest BCUT2D eigenvalue weighted by Gasteiger charge is 2.50. The van der Waals surface area contributed by atoms with Gasteiger partial charge in [0.15, 0.2) is 5.96 Å². The Kier molecular flexibility index (Phi) is 7.70. The topological polar surface area (TPSA) is 91.6 Å². The highest BCUT2D eigenvalue weighted by Crippen LogP contribution is 2.28. The van der Waals surface area contributed by atoms with Crippen LogP contribution in [0.2, 0.25) is 0 Å². The molecular formula is C16H27F3N6O2S. The Morgan fingerprint density at radius 3 is 2.57 bits per heavy atom. The molecule has 0 amide bonds. The third-order valence-electron chi connectivity index (χ3n) is 4.39. The standard InChI is InChI=1S/C16H27F3N6O2S/c1-3-20-15(21-11-13(2)12-24-8-4-7-22-24)23-14-5-9-25(10-6-14)28(26,27)16(17,18)19/h4,7-8,13-14H,3,5-6,9-12H2,1-2H3,(H2,20,21,23). The number of nitrogens with one attached hydrogen (secondary N) is 2. The molecule has 160 valence electrons. The van der Waals surface area contributed by atoms with Crippen molar-refractivity contribution in [2.45, 2.75) is 44.8 Å². The molecule has 0 bridgehead atoms. The lowest BCUT2D eigenvalue weighted by atomic mass is 10.1. The SMILES string of the molecule is CCNC(=NCC(C)Cn1cccn1)NC1CCN(S(=O)(=O)C(F)(F)F)CC1. The summed E-state index contributed by atoms with van der Waals surface area (Å²) in [6.45, 7) is 5.54. The summed E-state index contributed by atoms with van der Waals surface area (Å²) in [7, 11) is -5.26. The summed E-state index contributed by atoms with van der Waals surface area (Å²) in [4.78, 5) is 4.54. The van der Waals surface area contributed by atoms with E-state index in [-0.39, 0.29) is 37.9 Å². The number of rotatable bonds is 7. The second kappa shape index (κ2) is 9.59. The Morgan fingerprint density at radius 1 is 1.36 bits per heavy atom. The first-order chi connectivity index (χ1) is 13.1. The molecule has 1 atom stereocenters. The lowest BCUT2D eigenvalue weighted by Crippen LogP contribution is -2.51. The van der Waals surface area contributed by atoms with Gasteiger partial charge in [0, 0.05) is 51.2 Å². The van der Waals surface area contributed by atoms with Crippen molar-refractivity contribution in [1.82, 2.24) is 24.7 Å². The van der Waals surface area contributed by atoms with Crippen LogP contribution >= 0.6 is 0 Å². The molecule has 28 heavy (non-hydrogen) atoms. The van der Waals surface area contributed by atoms with E-state index >= 15 is 0 Å². The molecule has 12 heteroatoms. The molecule has 0 saturated carbocycles. The number of nitrogens with zero attached hydrogens (tertiary/aromatic N) is 4. The molecule has 2 rings (SSSR count). The van der Waals surface area contributed by atoms with Crippen molar-refractivity contribution in [2.24, 2.45) is 10.9 Å². The summed E-state index contributed by atoms with van der Waals surface area (Å²) in [5, 5.41) is 10.5. The van der Waals surface area contributed by atoms with E-state index in [0.717, 1.165) is 6.54 Å². The van der Waals surface area contributed by atoms with E-state index in [2.05, 4.69) is 27.6 Å². The molecule has 2 N–H and O–H groups in total. The Hall–Kier alpha value is -1.82. The fraction of sp³-hybridized carbons (Fsp3) is 0.750. The Morgan fingerprint density at radius 2 is 2.04 bits per heavy atom. The quantitative estimate of drug-likeness (QED) is 0.510. The predicted molar refractivity (Wildman–Crippen MR) is 100 cm³/mol. The number of aromatic nitrogens is 2. The number of hydrogen-bond donors (Lipinski definition) is 2. The van der Waals surface area contributed by atoms with E-state index in [9.17, 15) is 21.6 Å². The van der Waals surface area contributed by atoms with E-state index in [0.29, 0.717) is 23.4 Å². The van der Waals surface area contributed by atoms with E-state index in [1.165, 1.54) is 0 Å². The summed E-state index contributed by atoms with van der Waals surface area (Å²) in [6.07, 6.45) is 4.16. The highest BCUT2D eigenvalue weighted by molar-refractivity contribution is 7.90. The minimum Gasteiger partial charge on any atom is -0.357 e. The zero-order chi connectivity index (χ0) is 20.8. The van der Waals surface area contributed by atoms with Gasteiger partial charge in [-0.2, -0.15) is 22.6 Å². The van der Waals surface area contributed by atoms with Crippen LogP contribution in [0.3, 0.4) is 0 Å². The molecule has 2 heterocycles. The molecule has 1 saturated heterocycles. The van der Waals surface area contributed by atoms with Crippen LogP contribution in [0.5, 0.6) is 0 Å². The number of aliphatic imine (C=N–C) groups is 1. The summed E-state index contributed by atoms with van der Waals surface area (Å²) >= 11 is 0. The van der Waals surface area contributed by atoms with Gasteiger partial charge >= 0.3 is 15.5 Å². The van der Waals surface area contributed by atoms with Crippen LogP contribution in [-0.2, 0) is 16.6 Å². The van der Waals surface area contributed by atoms with Gasteiger partial charge in [-0.15, -0.1) is 0 Å². The first kappa shape index (κ1) is 22.5. The smallest absolute Gasteiger partial charge is 0.357 e. The summed E-state index contributed by atoms with van der Waals surface area (Å²) in [5.74, 6) is 0.820. The molecule has 1 aromatic heterocycles. The third kappa shape index (κ3) is 6.09. The van der Waals surface area contributed by atoms with Crippen LogP contribution in [0, 0.1) is 5.92 Å². The van der Waals surface area contributed by atoms with Gasteiger partial charge in [-0.05, 0) is 31.7 Å². The fourth-order valence-corrected chi connectivity index (χ4v) is 3.92. The minimum absolute atomic E-state index is 0.140. The molecule has 1 aliphatic heterocycles. The normalized spacial score (nSPS) is 18.8. The molecule has 0 aromatic carbocycles. The maximum absolute atomic E-state index is 12.7. The lowest BCUT2D eigenvalue weighted by Gasteiger charge is -2.32. The van der Waals surface area contributed by atoms with Crippen LogP contribution < -0.4 is 10.6 Å². The highest BCUT2D eigenvalue weighted by atomic mass is 32.2. The fourth-order valence-electron chi connectivity index (χ4n) is 2.93. The van der Waals surface area contributed by atoms with Gasteiger partial charge in [0.1, 0.15) is 0 Å². The summed E-state index contributed by atoms with van der Waals surface area (Å²) < 4.78 is 63.3. The minimum atomic E-state index is -5.26. The van der Waals surface area contributed by atoms with Gasteiger partial charge in [0.25, 0.3) is 0 Å². The second-order valence-corrected chi connectivity index (χ2v) is 8.75. The first-order valence-corrected chi connectivity index (χ1v) is 10.7. The Labute approximate surface area is 163 Å². The van der Waals surface area contributed by atoms with E-state index in [1.54, 1.807) is 6.20 Å². The third-order valence-corrected chi connectivity index (χ3v) is 6.02. The van der Waals surface area contributed by atoms with Gasteiger partial charge in [-0.3, -0.25) is 9.67 Å². The van der Waals surface area contributed by atoms with E-state index in [1.807, 2.05) is 23.9 Å². The molecule has 1 fully saturated rings. The summed E-state index contributed by atoms with van der Waals surface area (Å²) in [6, 6.07) is 1.71. The molecular weight excluding hydrogens is 397 g/mol. The Bertz CT molecular complexity index is 728. The molecule has 1 aromatic rings. The van der Waals surface area contributed by atoms with Crippen molar-refractivity contribution in [3.05, 3.63) is 18.5 Å². The van der Waals surface area contributed by atoms with Crippen molar-refractivity contribution in [1.29, 1.82) is 0 Å². The molecule has 0 aliphatic carbocycles. The summed E-state index contributed by atoms with van der Waals surface area (Å²) in [5.41, 5.74) is -5.26. The maximum atomic E-state index is 12.7. The van der Waals surface area contributed by atoms with Crippen molar-refractivity contribution in [3.8, 4) is 0 Å². The van der Waals surface area contributed by atoms with Gasteiger partial charge < -0.3 is 10.6 Å². The van der Waals surface area contributed by atoms with Gasteiger partial charge in [-0.1, -0.05) is 6.92 Å². The van der Waals surface area contributed by atoms with Crippen molar-refractivity contribution < 1.29 is 21.6 Å². The number of halogens is 3. The predicted octanol–water partition coefficient (Wildman–Crippen LogP) is 1.39. The molecule has 1 aliphatic rings. The monoisotopic (exact) mass is 424 g/mol. The number of piperidine rings is 1.